The molecule has 0 heterocycles. The predicted octanol–water partition coefficient (Wildman–Crippen LogP) is 4.14. The Bertz CT molecular complexity index is 146. The molecule has 2 nitrogen and oxygen atoms in total. The molecule has 0 spiro atoms. The van der Waals surface area contributed by atoms with E-state index in [1.54, 1.807) is 0 Å². The predicted molar refractivity (Wildman–Crippen MR) is 76.5 cm³/mol. The number of likely N-dealkylation sites (N-methyl/N-ethyl adjacent to an activating group) is 1. The number of rotatable bonds is 12. The molecule has 0 aliphatic carbocycles. The number of methoxy groups -OCH3 is 1. The first-order valence-electron chi connectivity index (χ1n) is 7.56. The van der Waals surface area contributed by atoms with Crippen LogP contribution in [0.15, 0.2) is 0 Å². The molecule has 0 bridgehead atoms. The van der Waals surface area contributed by atoms with Crippen LogP contribution < -0.4 is 5.32 Å². The molecule has 2 atom stereocenters. The van der Waals surface area contributed by atoms with Crippen LogP contribution in [-0.2, 0) is 4.74 Å². The average molecular weight is 243 g/mol. The Morgan fingerprint density at radius 1 is 0.941 bits per heavy atom. The molecule has 17 heavy (non-hydrogen) atoms. The standard InChI is InChI=1S/C15H33NO/c1-5-8-9-10-11-12-13-14(16-7-3)15(6-2)17-4/h14-16H,5-13H2,1-4H3. The van der Waals surface area contributed by atoms with Crippen molar-refractivity contribution in [2.24, 2.45) is 0 Å². The minimum absolute atomic E-state index is 0.380. The largest absolute Gasteiger partial charge is 0.380 e. The van der Waals surface area contributed by atoms with E-state index >= 15 is 0 Å². The van der Waals surface area contributed by atoms with Crippen LogP contribution >= 0.6 is 0 Å². The van der Waals surface area contributed by atoms with E-state index in [2.05, 4.69) is 26.1 Å². The summed E-state index contributed by atoms with van der Waals surface area (Å²) in [5.74, 6) is 0. The molecule has 0 aliphatic heterocycles. The molecule has 2 heteroatoms. The van der Waals surface area contributed by atoms with Gasteiger partial charge in [-0.2, -0.15) is 0 Å². The van der Waals surface area contributed by atoms with Gasteiger partial charge in [-0.3, -0.25) is 0 Å². The van der Waals surface area contributed by atoms with Crippen molar-refractivity contribution >= 4 is 0 Å². The Labute approximate surface area is 109 Å². The Balaban J connectivity index is 3.69. The average Bonchev–Trinajstić information content (AvgIpc) is 2.35. The minimum atomic E-state index is 0.380. The van der Waals surface area contributed by atoms with E-state index in [0.29, 0.717) is 12.1 Å². The molecular formula is C15H33NO. The highest BCUT2D eigenvalue weighted by Gasteiger charge is 2.17. The van der Waals surface area contributed by atoms with Crippen molar-refractivity contribution < 1.29 is 4.74 Å². The Hall–Kier alpha value is -0.0800. The summed E-state index contributed by atoms with van der Waals surface area (Å²) in [5, 5.41) is 3.56. The summed E-state index contributed by atoms with van der Waals surface area (Å²) < 4.78 is 5.55. The van der Waals surface area contributed by atoms with E-state index in [4.69, 9.17) is 4.74 Å². The monoisotopic (exact) mass is 243 g/mol. The van der Waals surface area contributed by atoms with Crippen LogP contribution in [-0.4, -0.2) is 25.8 Å². The fourth-order valence-electron chi connectivity index (χ4n) is 2.44. The first-order valence-corrected chi connectivity index (χ1v) is 7.56. The second-order valence-corrected chi connectivity index (χ2v) is 4.90. The van der Waals surface area contributed by atoms with Gasteiger partial charge in [-0.05, 0) is 19.4 Å². The van der Waals surface area contributed by atoms with Crippen molar-refractivity contribution in [1.82, 2.24) is 5.32 Å². The van der Waals surface area contributed by atoms with Crippen LogP contribution in [0.4, 0.5) is 0 Å². The highest BCUT2D eigenvalue weighted by atomic mass is 16.5. The van der Waals surface area contributed by atoms with Gasteiger partial charge in [0.05, 0.1) is 6.10 Å². The van der Waals surface area contributed by atoms with Crippen LogP contribution in [0.3, 0.4) is 0 Å². The van der Waals surface area contributed by atoms with Crippen molar-refractivity contribution in [2.45, 2.75) is 84.3 Å². The number of ether oxygens (including phenoxy) is 1. The summed E-state index contributed by atoms with van der Waals surface area (Å²) in [6, 6.07) is 0.543. The molecule has 0 saturated carbocycles. The second-order valence-electron chi connectivity index (χ2n) is 4.90. The van der Waals surface area contributed by atoms with Crippen molar-refractivity contribution in [3.63, 3.8) is 0 Å². The molecule has 0 amide bonds. The van der Waals surface area contributed by atoms with Crippen molar-refractivity contribution in [1.29, 1.82) is 0 Å². The molecule has 0 aromatic rings. The molecule has 0 saturated heterocycles. The molecule has 1 N–H and O–H groups in total. The molecular weight excluding hydrogens is 210 g/mol. The van der Waals surface area contributed by atoms with E-state index in [9.17, 15) is 0 Å². The lowest BCUT2D eigenvalue weighted by atomic mass is 10.00. The molecule has 0 aliphatic rings. The Morgan fingerprint density at radius 3 is 2.12 bits per heavy atom. The summed E-state index contributed by atoms with van der Waals surface area (Å²) in [4.78, 5) is 0. The Morgan fingerprint density at radius 2 is 1.59 bits per heavy atom. The molecule has 0 rings (SSSR count). The third-order valence-electron chi connectivity index (χ3n) is 3.49. The van der Waals surface area contributed by atoms with Gasteiger partial charge in [-0.15, -0.1) is 0 Å². The maximum absolute atomic E-state index is 5.55. The number of hydrogen-bond donors (Lipinski definition) is 1. The normalized spacial score (nSPS) is 14.8. The van der Waals surface area contributed by atoms with Crippen molar-refractivity contribution in [3.05, 3.63) is 0 Å². The van der Waals surface area contributed by atoms with Crippen molar-refractivity contribution in [3.8, 4) is 0 Å². The first kappa shape index (κ1) is 16.9. The summed E-state index contributed by atoms with van der Waals surface area (Å²) in [6.07, 6.45) is 11.0. The maximum Gasteiger partial charge on any atom is 0.0721 e. The van der Waals surface area contributed by atoms with Gasteiger partial charge in [0.2, 0.25) is 0 Å². The second kappa shape index (κ2) is 12.4. The quantitative estimate of drug-likeness (QED) is 0.520. The third kappa shape index (κ3) is 8.62. The maximum atomic E-state index is 5.55. The van der Waals surface area contributed by atoms with Gasteiger partial charge in [0.1, 0.15) is 0 Å². The fraction of sp³-hybridized carbons (Fsp3) is 1.00. The minimum Gasteiger partial charge on any atom is -0.380 e. The summed E-state index contributed by atoms with van der Waals surface area (Å²) in [6.45, 7) is 7.70. The first-order chi connectivity index (χ1) is 8.29. The lowest BCUT2D eigenvalue weighted by Gasteiger charge is -2.25. The smallest absolute Gasteiger partial charge is 0.0721 e. The highest BCUT2D eigenvalue weighted by molar-refractivity contribution is 4.75. The molecule has 2 unspecified atom stereocenters. The summed E-state index contributed by atoms with van der Waals surface area (Å²) >= 11 is 0. The van der Waals surface area contributed by atoms with Gasteiger partial charge in [0.25, 0.3) is 0 Å². The molecule has 0 radical (unpaired) electrons. The van der Waals surface area contributed by atoms with Gasteiger partial charge < -0.3 is 10.1 Å². The van der Waals surface area contributed by atoms with Crippen molar-refractivity contribution in [2.75, 3.05) is 13.7 Å². The van der Waals surface area contributed by atoms with Gasteiger partial charge in [-0.1, -0.05) is 59.3 Å². The lowest BCUT2D eigenvalue weighted by molar-refractivity contribution is 0.0621. The topological polar surface area (TPSA) is 21.3 Å². The number of nitrogens with one attached hydrogen (secondary N) is 1. The van der Waals surface area contributed by atoms with E-state index in [0.717, 1.165) is 13.0 Å². The molecule has 0 aromatic carbocycles. The zero-order valence-electron chi connectivity index (χ0n) is 12.4. The van der Waals surface area contributed by atoms with Crippen LogP contribution in [0.1, 0.15) is 72.1 Å². The van der Waals surface area contributed by atoms with E-state index < -0.39 is 0 Å². The van der Waals surface area contributed by atoms with Gasteiger partial charge in [0, 0.05) is 13.2 Å². The van der Waals surface area contributed by atoms with Crippen LogP contribution in [0, 0.1) is 0 Å². The fourth-order valence-corrected chi connectivity index (χ4v) is 2.44. The summed E-state index contributed by atoms with van der Waals surface area (Å²) in [7, 11) is 1.83. The van der Waals surface area contributed by atoms with Crippen LogP contribution in [0.25, 0.3) is 0 Å². The van der Waals surface area contributed by atoms with Gasteiger partial charge in [-0.25, -0.2) is 0 Å². The molecule has 0 fully saturated rings. The number of unbranched alkanes of at least 4 members (excludes halogenated alkanes) is 5. The van der Waals surface area contributed by atoms with Gasteiger partial charge >= 0.3 is 0 Å². The third-order valence-corrected chi connectivity index (χ3v) is 3.49. The summed E-state index contributed by atoms with van der Waals surface area (Å²) in [5.41, 5.74) is 0. The zero-order valence-corrected chi connectivity index (χ0v) is 12.4. The SMILES string of the molecule is CCCCCCCCC(NCC)C(CC)OC. The molecule has 0 aromatic heterocycles. The zero-order chi connectivity index (χ0) is 12.9. The van der Waals surface area contributed by atoms with Crippen LogP contribution in [0.2, 0.25) is 0 Å². The highest BCUT2D eigenvalue weighted by Crippen LogP contribution is 2.13. The van der Waals surface area contributed by atoms with Gasteiger partial charge in [0.15, 0.2) is 0 Å². The van der Waals surface area contributed by atoms with E-state index in [1.807, 2.05) is 7.11 Å². The lowest BCUT2D eigenvalue weighted by Crippen LogP contribution is -2.40. The molecule has 104 valence electrons. The van der Waals surface area contributed by atoms with E-state index in [-0.39, 0.29) is 0 Å². The van der Waals surface area contributed by atoms with E-state index in [1.165, 1.54) is 44.9 Å². The number of hydrogen-bond acceptors (Lipinski definition) is 2. The van der Waals surface area contributed by atoms with Crippen LogP contribution in [0.5, 0.6) is 0 Å². The Kier molecular flexibility index (Phi) is 12.3.